The van der Waals surface area contributed by atoms with Gasteiger partial charge < -0.3 is 8.85 Å². The van der Waals surface area contributed by atoms with Crippen LogP contribution < -0.4 is 10.4 Å². The van der Waals surface area contributed by atoms with Gasteiger partial charge in [-0.3, -0.25) is 0 Å². The summed E-state index contributed by atoms with van der Waals surface area (Å²) in [6, 6.07) is 21.0. The van der Waals surface area contributed by atoms with E-state index in [4.69, 9.17) is 15.3 Å². The van der Waals surface area contributed by atoms with E-state index in [9.17, 15) is 4.21 Å². The smallest absolute Gasteiger partial charge is 0.261 e. The number of hydrogen-bond acceptors (Lipinski definition) is 3. The molecule has 2 aromatic carbocycles. The van der Waals surface area contributed by atoms with Crippen molar-refractivity contribution in [1.82, 2.24) is 4.31 Å². The van der Waals surface area contributed by atoms with Crippen LogP contribution in [0.3, 0.4) is 0 Å². The minimum Gasteiger partial charge on any atom is -0.416 e. The zero-order valence-corrected chi connectivity index (χ0v) is 31.4. The molecule has 0 spiro atoms. The first-order valence-corrected chi connectivity index (χ1v) is 21.3. The molecule has 0 radical (unpaired) electrons. The molecule has 4 nitrogen and oxygen atoms in total. The van der Waals surface area contributed by atoms with Gasteiger partial charge in [0.1, 0.15) is 11.0 Å². The van der Waals surface area contributed by atoms with Crippen LogP contribution >= 0.6 is 0 Å². The lowest BCUT2D eigenvalue weighted by molar-refractivity contribution is 0.262. The first-order valence-electron chi connectivity index (χ1n) is 15.4. The quantitative estimate of drug-likeness (QED) is 0.141. The average Bonchev–Trinajstić information content (AvgIpc) is 2.91. The van der Waals surface area contributed by atoms with Crippen molar-refractivity contribution in [1.29, 1.82) is 0 Å². The van der Waals surface area contributed by atoms with Crippen LogP contribution in [-0.4, -0.2) is 55.7 Å². The Morgan fingerprint density at radius 3 is 1.74 bits per heavy atom. The summed E-state index contributed by atoms with van der Waals surface area (Å²) in [6.07, 6.45) is 7.01. The monoisotopic (exact) mass is 637 g/mol. The molecule has 7 heteroatoms. The van der Waals surface area contributed by atoms with Gasteiger partial charge in [-0.15, -0.1) is 6.42 Å². The Bertz CT molecular complexity index is 1230. The molecule has 236 valence electrons. The molecule has 0 bridgehead atoms. The van der Waals surface area contributed by atoms with Gasteiger partial charge in [0, 0.05) is 19.6 Å². The zero-order valence-electron chi connectivity index (χ0n) is 28.5. The molecule has 2 rings (SSSR count). The van der Waals surface area contributed by atoms with Crippen molar-refractivity contribution in [3.05, 3.63) is 60.7 Å². The van der Waals surface area contributed by atoms with Crippen LogP contribution in [0.15, 0.2) is 60.7 Å². The summed E-state index contributed by atoms with van der Waals surface area (Å²) >= 11 is 0. The van der Waals surface area contributed by atoms with E-state index in [1.807, 2.05) is 25.1 Å². The molecule has 0 heterocycles. The second-order valence-electron chi connectivity index (χ2n) is 14.6. The summed E-state index contributed by atoms with van der Waals surface area (Å²) in [7, 11) is -5.90. The summed E-state index contributed by atoms with van der Waals surface area (Å²) < 4.78 is 28.6. The maximum Gasteiger partial charge on any atom is 0.261 e. The molecular weight excluding hydrogens is 583 g/mol. The highest BCUT2D eigenvalue weighted by Gasteiger charge is 2.50. The Morgan fingerprint density at radius 1 is 0.814 bits per heavy atom. The third kappa shape index (κ3) is 9.75. The highest BCUT2D eigenvalue weighted by atomic mass is 32.2. The topological polar surface area (TPSA) is 38.8 Å². The average molecular weight is 638 g/mol. The van der Waals surface area contributed by atoms with Crippen molar-refractivity contribution in [2.75, 3.05) is 19.8 Å². The molecule has 43 heavy (non-hydrogen) atoms. The van der Waals surface area contributed by atoms with E-state index >= 15 is 0 Å². The van der Waals surface area contributed by atoms with Crippen molar-refractivity contribution in [2.24, 2.45) is 0 Å². The molecule has 2 atom stereocenters. The fourth-order valence-corrected chi connectivity index (χ4v) is 11.8. The van der Waals surface area contributed by atoms with Gasteiger partial charge in [0.15, 0.2) is 8.32 Å². The summed E-state index contributed by atoms with van der Waals surface area (Å²) in [4.78, 5) is 0. The van der Waals surface area contributed by atoms with Crippen LogP contribution in [0, 0.1) is 24.2 Å². The molecule has 0 saturated heterocycles. The molecule has 0 aliphatic carbocycles. The summed E-state index contributed by atoms with van der Waals surface area (Å²) in [5, 5.41) is 2.48. The second-order valence-corrected chi connectivity index (χ2v) is 25.9. The van der Waals surface area contributed by atoms with Gasteiger partial charge in [-0.25, -0.2) is 4.21 Å². The first kappa shape index (κ1) is 37.2. The standard InChI is InChI=1S/C36H55NO3SSi2/c1-13-28-37(41(38)34(2,3)4)31(22-20-21-29-39-42(11,12)35(5,6)7)27-30-40-43(36(8,9)10,32-23-16-14-17-24-32)33-25-18-15-19-26-33/h1,14-19,23-26,31H,21,27-30H2,2-12H3/t31-,41+/m0/s1. The molecule has 0 aromatic heterocycles. The first-order chi connectivity index (χ1) is 19.9. The van der Waals surface area contributed by atoms with E-state index < -0.39 is 32.4 Å². The molecule has 0 amide bonds. The Morgan fingerprint density at radius 2 is 1.33 bits per heavy atom. The Kier molecular flexibility index (Phi) is 13.3. The normalized spacial score (nSPS) is 14.5. The maximum atomic E-state index is 13.7. The van der Waals surface area contributed by atoms with Crippen molar-refractivity contribution < 1.29 is 13.1 Å². The van der Waals surface area contributed by atoms with E-state index in [1.165, 1.54) is 10.4 Å². The van der Waals surface area contributed by atoms with Gasteiger partial charge in [0.05, 0.1) is 17.3 Å². The molecule has 0 fully saturated rings. The number of rotatable bonds is 12. The lowest BCUT2D eigenvalue weighted by atomic mass is 10.2. The Labute approximate surface area is 268 Å². The van der Waals surface area contributed by atoms with Gasteiger partial charge in [-0.05, 0) is 60.7 Å². The highest BCUT2D eigenvalue weighted by Crippen LogP contribution is 2.37. The fraction of sp³-hybridized carbons (Fsp3) is 0.556. The molecular formula is C36H55NO3SSi2. The highest BCUT2D eigenvalue weighted by molar-refractivity contribution is 7.84. The van der Waals surface area contributed by atoms with E-state index in [-0.39, 0.29) is 22.7 Å². The van der Waals surface area contributed by atoms with E-state index in [0.717, 1.165) is 0 Å². The summed E-state index contributed by atoms with van der Waals surface area (Å²) in [5.41, 5.74) is 0. The van der Waals surface area contributed by atoms with Gasteiger partial charge in [0.2, 0.25) is 0 Å². The van der Waals surface area contributed by atoms with Crippen LogP contribution in [0.2, 0.25) is 23.2 Å². The number of hydrogen-bond donors (Lipinski definition) is 0. The fourth-order valence-electron chi connectivity index (χ4n) is 4.86. The van der Waals surface area contributed by atoms with Crippen LogP contribution in [0.4, 0.5) is 0 Å². The minimum absolute atomic E-state index is 0.134. The van der Waals surface area contributed by atoms with Crippen molar-refractivity contribution in [3.8, 4) is 24.2 Å². The van der Waals surface area contributed by atoms with Gasteiger partial charge in [-0.2, -0.15) is 4.31 Å². The SMILES string of the molecule is C#CCN([C@@H](C#CCCO[Si](C)(C)C(C)(C)C)CCO[Si](c1ccccc1)(c1ccccc1)C(C)(C)C)[S@](=O)C(C)(C)C. The van der Waals surface area contributed by atoms with Crippen molar-refractivity contribution in [3.63, 3.8) is 0 Å². The predicted octanol–water partition coefficient (Wildman–Crippen LogP) is 7.13. The Hall–Kier alpha value is -1.98. The number of benzene rings is 2. The maximum absolute atomic E-state index is 13.7. The molecule has 0 unspecified atom stereocenters. The molecule has 2 aromatic rings. The summed E-state index contributed by atoms with van der Waals surface area (Å²) in [6.45, 7) is 25.3. The molecule has 0 aliphatic heterocycles. The van der Waals surface area contributed by atoms with Gasteiger partial charge in [-0.1, -0.05) is 120 Å². The predicted molar refractivity (Wildman–Crippen MR) is 191 cm³/mol. The third-order valence-corrected chi connectivity index (χ3v) is 19.7. The van der Waals surface area contributed by atoms with Crippen molar-refractivity contribution >= 4 is 38.0 Å². The molecule has 0 aliphatic rings. The van der Waals surface area contributed by atoms with E-state index in [0.29, 0.717) is 26.1 Å². The van der Waals surface area contributed by atoms with E-state index in [1.54, 1.807) is 0 Å². The third-order valence-electron chi connectivity index (χ3n) is 8.22. The largest absolute Gasteiger partial charge is 0.416 e. The van der Waals surface area contributed by atoms with Crippen LogP contribution in [0.1, 0.15) is 75.2 Å². The van der Waals surface area contributed by atoms with Crippen LogP contribution in [0.25, 0.3) is 0 Å². The number of terminal acetylenes is 1. The molecule has 0 saturated carbocycles. The number of nitrogens with zero attached hydrogens (tertiary/aromatic N) is 1. The van der Waals surface area contributed by atoms with Crippen LogP contribution in [-0.2, 0) is 19.8 Å². The van der Waals surface area contributed by atoms with Gasteiger partial charge in [0.25, 0.3) is 8.32 Å². The van der Waals surface area contributed by atoms with Crippen molar-refractivity contribution in [2.45, 2.75) is 109 Å². The summed E-state index contributed by atoms with van der Waals surface area (Å²) in [5.74, 6) is 9.54. The van der Waals surface area contributed by atoms with Gasteiger partial charge >= 0.3 is 0 Å². The minimum atomic E-state index is -2.71. The lowest BCUT2D eigenvalue weighted by Crippen LogP contribution is -2.66. The zero-order chi connectivity index (χ0) is 32.5. The van der Waals surface area contributed by atoms with Crippen LogP contribution in [0.5, 0.6) is 0 Å². The molecule has 0 N–H and O–H groups in total. The Balaban J connectivity index is 2.43. The van der Waals surface area contributed by atoms with E-state index in [2.05, 4.69) is 133 Å². The lowest BCUT2D eigenvalue weighted by Gasteiger charge is -2.43. The second kappa shape index (κ2) is 15.3.